The summed E-state index contributed by atoms with van der Waals surface area (Å²) in [6, 6.07) is 32.2. The van der Waals surface area contributed by atoms with Crippen LogP contribution >= 0.6 is 0 Å². The molecule has 0 atom stereocenters. The quantitative estimate of drug-likeness (QED) is 0.140. The molecule has 0 aliphatic rings. The molecule has 0 spiro atoms. The average Bonchev–Trinajstić information content (AvgIpc) is 3.44. The highest BCUT2D eigenvalue weighted by Crippen LogP contribution is 2.45. The number of benzene rings is 4. The summed E-state index contributed by atoms with van der Waals surface area (Å²) in [5.74, 6) is 2.75. The van der Waals surface area contributed by atoms with Crippen LogP contribution in [0.2, 0.25) is 0 Å². The molecule has 0 saturated carbocycles. The van der Waals surface area contributed by atoms with Crippen molar-refractivity contribution in [2.45, 2.75) is 20.5 Å². The normalized spacial score (nSPS) is 11.5. The van der Waals surface area contributed by atoms with E-state index in [0.29, 0.717) is 30.5 Å². The van der Waals surface area contributed by atoms with Crippen molar-refractivity contribution in [2.24, 2.45) is 0 Å². The van der Waals surface area contributed by atoms with Crippen molar-refractivity contribution in [3.63, 3.8) is 0 Å². The molecule has 1 aromatic heterocycles. The number of aromatic nitrogens is 1. The lowest BCUT2D eigenvalue weighted by molar-refractivity contribution is 0.301. The summed E-state index contributed by atoms with van der Waals surface area (Å²) in [7, 11) is 1.66. The topological polar surface area (TPSA) is 53.7 Å². The molecule has 0 bridgehead atoms. The molecular weight excluding hydrogens is 534 g/mol. The number of methoxy groups -OCH3 is 1. The molecule has 0 unspecified atom stereocenters. The minimum atomic E-state index is 0.383. The Morgan fingerprint density at radius 1 is 0.814 bits per heavy atom. The maximum Gasteiger partial charge on any atom is 0.178 e. The predicted molar refractivity (Wildman–Crippen MR) is 173 cm³/mol. The van der Waals surface area contributed by atoms with Gasteiger partial charge in [0.1, 0.15) is 30.5 Å². The number of hydrogen-bond donors (Lipinski definition) is 0. The number of hydrogen-bond acceptors (Lipinski definition) is 5. The molecule has 5 heteroatoms. The summed E-state index contributed by atoms with van der Waals surface area (Å²) >= 11 is 0. The van der Waals surface area contributed by atoms with Gasteiger partial charge in [-0.3, -0.25) is 0 Å². The first-order chi connectivity index (χ1) is 21.1. The van der Waals surface area contributed by atoms with E-state index < -0.39 is 0 Å². The van der Waals surface area contributed by atoms with Crippen LogP contribution in [0.15, 0.2) is 138 Å². The molecule has 0 amide bonds. The van der Waals surface area contributed by atoms with Crippen LogP contribution in [0.3, 0.4) is 0 Å². The van der Waals surface area contributed by atoms with Gasteiger partial charge in [0.25, 0.3) is 0 Å². The molecule has 0 saturated heterocycles. The molecule has 4 aromatic carbocycles. The van der Waals surface area contributed by atoms with Gasteiger partial charge in [-0.25, -0.2) is 0 Å². The van der Waals surface area contributed by atoms with E-state index in [2.05, 4.69) is 29.9 Å². The van der Waals surface area contributed by atoms with Crippen LogP contribution in [0, 0.1) is 6.92 Å². The zero-order valence-electron chi connectivity index (χ0n) is 24.7. The molecule has 43 heavy (non-hydrogen) atoms. The Morgan fingerprint density at radius 2 is 1.51 bits per heavy atom. The SMILES string of the molecule is C=C/C=C\C=C(/C)COc1cc(OCc2ccccc2)c(-c2onc(C)c2-c2ccc(OC)cc2)cc1-c1ccccc1. The van der Waals surface area contributed by atoms with Crippen LogP contribution in [-0.4, -0.2) is 18.9 Å². The minimum Gasteiger partial charge on any atom is -0.497 e. The summed E-state index contributed by atoms with van der Waals surface area (Å²) in [4.78, 5) is 0. The molecule has 5 rings (SSSR count). The van der Waals surface area contributed by atoms with E-state index in [4.69, 9.17) is 18.7 Å². The Balaban J connectivity index is 1.65. The second-order valence-corrected chi connectivity index (χ2v) is 10.1. The zero-order chi connectivity index (χ0) is 30.0. The lowest BCUT2D eigenvalue weighted by Crippen LogP contribution is -2.03. The van der Waals surface area contributed by atoms with Gasteiger partial charge in [-0.05, 0) is 54.3 Å². The lowest BCUT2D eigenvalue weighted by atomic mass is 9.95. The summed E-state index contributed by atoms with van der Waals surface area (Å²) in [5, 5.41) is 4.38. The van der Waals surface area contributed by atoms with E-state index in [1.165, 1.54) is 0 Å². The van der Waals surface area contributed by atoms with Crippen LogP contribution in [0.4, 0.5) is 0 Å². The molecule has 1 heterocycles. The average molecular weight is 570 g/mol. The smallest absolute Gasteiger partial charge is 0.178 e. The fourth-order valence-corrected chi connectivity index (χ4v) is 4.75. The maximum atomic E-state index is 6.51. The van der Waals surface area contributed by atoms with Gasteiger partial charge in [0.15, 0.2) is 5.76 Å². The number of rotatable bonds is 12. The van der Waals surface area contributed by atoms with Gasteiger partial charge in [-0.2, -0.15) is 0 Å². The Bertz CT molecular complexity index is 1720. The van der Waals surface area contributed by atoms with E-state index in [-0.39, 0.29) is 0 Å². The molecular formula is C38H35NO4. The van der Waals surface area contributed by atoms with Crippen molar-refractivity contribution < 1.29 is 18.7 Å². The van der Waals surface area contributed by atoms with Gasteiger partial charge >= 0.3 is 0 Å². The van der Waals surface area contributed by atoms with E-state index in [1.807, 2.05) is 111 Å². The Kier molecular flexibility index (Phi) is 9.55. The minimum absolute atomic E-state index is 0.383. The predicted octanol–water partition coefficient (Wildman–Crippen LogP) is 9.64. The lowest BCUT2D eigenvalue weighted by Gasteiger charge is -2.18. The zero-order valence-corrected chi connectivity index (χ0v) is 24.7. The molecule has 0 aliphatic carbocycles. The summed E-state index contributed by atoms with van der Waals surface area (Å²) in [6.45, 7) is 8.52. The fraction of sp³-hybridized carbons (Fsp3) is 0.132. The van der Waals surface area contributed by atoms with Crippen molar-refractivity contribution in [3.8, 4) is 50.8 Å². The number of aryl methyl sites for hydroxylation is 1. The summed E-state index contributed by atoms with van der Waals surface area (Å²) < 4.78 is 24.4. The van der Waals surface area contributed by atoms with Gasteiger partial charge in [0.05, 0.1) is 23.9 Å². The first kappa shape index (κ1) is 29.2. The highest BCUT2D eigenvalue weighted by atomic mass is 16.5. The molecule has 5 aromatic rings. The van der Waals surface area contributed by atoms with Crippen LogP contribution in [0.25, 0.3) is 33.6 Å². The largest absolute Gasteiger partial charge is 0.497 e. The van der Waals surface area contributed by atoms with Crippen molar-refractivity contribution in [1.29, 1.82) is 0 Å². The Labute approximate surface area is 253 Å². The third-order valence-corrected chi connectivity index (χ3v) is 6.97. The molecule has 0 aliphatic heterocycles. The second-order valence-electron chi connectivity index (χ2n) is 10.1. The second kappa shape index (κ2) is 14.1. The van der Waals surface area contributed by atoms with Gasteiger partial charge in [0.2, 0.25) is 0 Å². The molecule has 216 valence electrons. The highest BCUT2D eigenvalue weighted by molar-refractivity contribution is 5.88. The van der Waals surface area contributed by atoms with Crippen LogP contribution in [0.5, 0.6) is 17.2 Å². The number of allylic oxidation sites excluding steroid dienone is 4. The van der Waals surface area contributed by atoms with E-state index in [9.17, 15) is 0 Å². The first-order valence-corrected chi connectivity index (χ1v) is 14.2. The Morgan fingerprint density at radius 3 is 2.21 bits per heavy atom. The number of ether oxygens (including phenoxy) is 3. The van der Waals surface area contributed by atoms with Crippen molar-refractivity contribution in [2.75, 3.05) is 13.7 Å². The van der Waals surface area contributed by atoms with Crippen molar-refractivity contribution in [3.05, 3.63) is 145 Å². The third-order valence-electron chi connectivity index (χ3n) is 6.97. The maximum absolute atomic E-state index is 6.51. The van der Waals surface area contributed by atoms with Crippen LogP contribution in [-0.2, 0) is 6.61 Å². The van der Waals surface area contributed by atoms with Crippen molar-refractivity contribution >= 4 is 0 Å². The van der Waals surface area contributed by atoms with E-state index in [1.54, 1.807) is 13.2 Å². The van der Waals surface area contributed by atoms with Gasteiger partial charge in [-0.1, -0.05) is 109 Å². The van der Waals surface area contributed by atoms with Crippen LogP contribution < -0.4 is 14.2 Å². The van der Waals surface area contributed by atoms with Gasteiger partial charge in [0, 0.05) is 11.6 Å². The highest BCUT2D eigenvalue weighted by Gasteiger charge is 2.24. The fourth-order valence-electron chi connectivity index (χ4n) is 4.75. The van der Waals surface area contributed by atoms with Gasteiger partial charge in [-0.15, -0.1) is 0 Å². The van der Waals surface area contributed by atoms with Crippen molar-refractivity contribution in [1.82, 2.24) is 5.16 Å². The Hall–Kier alpha value is -5.29. The van der Waals surface area contributed by atoms with Gasteiger partial charge < -0.3 is 18.7 Å². The molecule has 5 nitrogen and oxygen atoms in total. The third kappa shape index (κ3) is 7.14. The summed E-state index contributed by atoms with van der Waals surface area (Å²) in [5.41, 5.74) is 7.50. The monoisotopic (exact) mass is 569 g/mol. The van der Waals surface area contributed by atoms with E-state index in [0.717, 1.165) is 50.4 Å². The van der Waals surface area contributed by atoms with Crippen LogP contribution in [0.1, 0.15) is 18.2 Å². The standard InChI is InChI=1S/C38H35NO4/c1-5-6-9-14-27(2)25-41-35-24-36(42-26-29-15-10-7-11-16-29)34(23-33(35)30-17-12-8-13-18-30)38-37(28(3)39-43-38)31-19-21-32(40-4)22-20-31/h5-24H,1,25-26H2,2-4H3/b9-6-,27-14+. The number of nitrogens with zero attached hydrogens (tertiary/aromatic N) is 1. The molecule has 0 radical (unpaired) electrons. The summed E-state index contributed by atoms with van der Waals surface area (Å²) in [6.07, 6.45) is 7.61. The molecule has 0 N–H and O–H groups in total. The van der Waals surface area contributed by atoms with E-state index >= 15 is 0 Å². The first-order valence-electron chi connectivity index (χ1n) is 14.2. The molecule has 0 fully saturated rings.